The van der Waals surface area contributed by atoms with E-state index in [2.05, 4.69) is 9.97 Å². The molecular formula is C18H23FN4O4S. The van der Waals surface area contributed by atoms with E-state index in [0.29, 0.717) is 37.2 Å². The molecule has 8 nitrogen and oxygen atoms in total. The summed E-state index contributed by atoms with van der Waals surface area (Å²) in [6, 6.07) is 5.44. The molecule has 1 aromatic carbocycles. The molecule has 0 atom stereocenters. The number of sulfonamides is 1. The highest BCUT2D eigenvalue weighted by Gasteiger charge is 2.30. The molecule has 1 fully saturated rings. The van der Waals surface area contributed by atoms with E-state index in [0.717, 1.165) is 6.07 Å². The Labute approximate surface area is 164 Å². The summed E-state index contributed by atoms with van der Waals surface area (Å²) in [5, 5.41) is 0. The highest BCUT2D eigenvalue weighted by molar-refractivity contribution is 7.89. The van der Waals surface area contributed by atoms with E-state index in [9.17, 15) is 12.8 Å². The average Bonchev–Trinajstić information content (AvgIpc) is 2.69. The van der Waals surface area contributed by atoms with Gasteiger partial charge in [0.25, 0.3) is 0 Å². The number of hydrogen-bond donors (Lipinski definition) is 0. The first-order chi connectivity index (χ1) is 13.3. The number of aryl methyl sites for hydroxylation is 1. The second-order valence-corrected chi connectivity index (χ2v) is 8.17. The predicted octanol–water partition coefficient (Wildman–Crippen LogP) is 1.84. The molecule has 0 radical (unpaired) electrons. The molecule has 0 spiro atoms. The zero-order valence-corrected chi connectivity index (χ0v) is 16.9. The van der Waals surface area contributed by atoms with Crippen LogP contribution < -0.4 is 14.4 Å². The minimum absolute atomic E-state index is 0.0411. The predicted molar refractivity (Wildman–Crippen MR) is 102 cm³/mol. The lowest BCUT2D eigenvalue weighted by molar-refractivity contribution is 0.321. The third-order valence-electron chi connectivity index (χ3n) is 4.41. The summed E-state index contributed by atoms with van der Waals surface area (Å²) in [6.07, 6.45) is 0. The molecule has 10 heteroatoms. The number of anilines is 1. The van der Waals surface area contributed by atoms with Crippen LogP contribution in [0, 0.1) is 12.7 Å². The normalized spacial score (nSPS) is 15.5. The van der Waals surface area contributed by atoms with Gasteiger partial charge in [-0.25, -0.2) is 17.8 Å². The van der Waals surface area contributed by atoms with E-state index < -0.39 is 15.8 Å². The van der Waals surface area contributed by atoms with Gasteiger partial charge in [-0.1, -0.05) is 0 Å². The quantitative estimate of drug-likeness (QED) is 0.718. The van der Waals surface area contributed by atoms with Crippen molar-refractivity contribution in [3.63, 3.8) is 0 Å². The summed E-state index contributed by atoms with van der Waals surface area (Å²) in [5.41, 5.74) is 0. The van der Waals surface area contributed by atoms with Gasteiger partial charge < -0.3 is 14.4 Å². The summed E-state index contributed by atoms with van der Waals surface area (Å²) in [4.78, 5) is 10.4. The number of halogens is 1. The summed E-state index contributed by atoms with van der Waals surface area (Å²) in [6.45, 7) is 5.26. The second kappa shape index (κ2) is 8.27. The van der Waals surface area contributed by atoms with E-state index in [-0.39, 0.29) is 23.7 Å². The van der Waals surface area contributed by atoms with Gasteiger partial charge in [-0.2, -0.15) is 9.29 Å². The van der Waals surface area contributed by atoms with Gasteiger partial charge >= 0.3 is 0 Å². The van der Waals surface area contributed by atoms with Crippen molar-refractivity contribution in [2.45, 2.75) is 18.7 Å². The molecule has 3 rings (SSSR count). The molecule has 0 bridgehead atoms. The molecular weight excluding hydrogens is 387 g/mol. The fourth-order valence-corrected chi connectivity index (χ4v) is 4.45. The Balaban J connectivity index is 1.73. The van der Waals surface area contributed by atoms with Crippen LogP contribution in [0.2, 0.25) is 0 Å². The van der Waals surface area contributed by atoms with E-state index in [4.69, 9.17) is 9.47 Å². The van der Waals surface area contributed by atoms with Crippen LogP contribution in [-0.2, 0) is 10.0 Å². The van der Waals surface area contributed by atoms with Crippen LogP contribution in [0.3, 0.4) is 0 Å². The van der Waals surface area contributed by atoms with Crippen LogP contribution >= 0.6 is 0 Å². The van der Waals surface area contributed by atoms with Crippen molar-refractivity contribution in [2.24, 2.45) is 0 Å². The summed E-state index contributed by atoms with van der Waals surface area (Å²) in [5.74, 6) is 1.08. The lowest BCUT2D eigenvalue weighted by Gasteiger charge is -2.34. The van der Waals surface area contributed by atoms with Gasteiger partial charge in [0, 0.05) is 32.2 Å². The van der Waals surface area contributed by atoms with E-state index >= 15 is 0 Å². The molecule has 1 aliphatic heterocycles. The molecule has 0 saturated carbocycles. The molecule has 1 aromatic heterocycles. The van der Waals surface area contributed by atoms with Crippen molar-refractivity contribution in [1.29, 1.82) is 0 Å². The van der Waals surface area contributed by atoms with Gasteiger partial charge in [0.1, 0.15) is 11.6 Å². The fourth-order valence-electron chi connectivity index (χ4n) is 3.01. The maximum atomic E-state index is 14.1. The van der Waals surface area contributed by atoms with Crippen molar-refractivity contribution in [1.82, 2.24) is 14.3 Å². The Hall–Kier alpha value is -2.46. The Bertz CT molecular complexity index is 947. The van der Waals surface area contributed by atoms with Crippen LogP contribution in [0.15, 0.2) is 29.2 Å². The third kappa shape index (κ3) is 4.17. The van der Waals surface area contributed by atoms with E-state index in [1.807, 2.05) is 4.90 Å². The number of piperazine rings is 1. The van der Waals surface area contributed by atoms with Gasteiger partial charge in [0.05, 0.1) is 18.6 Å². The van der Waals surface area contributed by atoms with Crippen molar-refractivity contribution >= 4 is 15.8 Å². The lowest BCUT2D eigenvalue weighted by atomic mass is 10.3. The van der Waals surface area contributed by atoms with Gasteiger partial charge in [-0.3, -0.25) is 0 Å². The van der Waals surface area contributed by atoms with Gasteiger partial charge in [-0.15, -0.1) is 0 Å². The molecule has 0 N–H and O–H groups in total. The Morgan fingerprint density at radius 2 is 1.86 bits per heavy atom. The van der Waals surface area contributed by atoms with Crippen molar-refractivity contribution < 1.29 is 22.3 Å². The number of ether oxygens (including phenoxy) is 2. The van der Waals surface area contributed by atoms with Crippen molar-refractivity contribution in [3.8, 4) is 11.6 Å². The molecule has 0 unspecified atom stereocenters. The topological polar surface area (TPSA) is 84.9 Å². The number of methoxy groups -OCH3 is 1. The first-order valence-corrected chi connectivity index (χ1v) is 10.4. The zero-order chi connectivity index (χ0) is 20.3. The first kappa shape index (κ1) is 20.3. The largest absolute Gasteiger partial charge is 0.491 e. The number of benzene rings is 1. The van der Waals surface area contributed by atoms with Crippen LogP contribution in [0.5, 0.6) is 11.6 Å². The van der Waals surface area contributed by atoms with Crippen LogP contribution in [-0.4, -0.2) is 62.6 Å². The Morgan fingerprint density at radius 1 is 1.14 bits per heavy atom. The smallest absolute Gasteiger partial charge is 0.243 e. The highest BCUT2D eigenvalue weighted by atomic mass is 32.2. The number of hydrogen-bond acceptors (Lipinski definition) is 7. The molecule has 1 saturated heterocycles. The average molecular weight is 410 g/mol. The summed E-state index contributed by atoms with van der Waals surface area (Å²) >= 11 is 0. The number of nitrogens with zero attached hydrogens (tertiary/aromatic N) is 4. The molecule has 0 aliphatic carbocycles. The molecule has 152 valence electrons. The molecule has 28 heavy (non-hydrogen) atoms. The number of aromatic nitrogens is 2. The minimum atomic E-state index is -3.79. The van der Waals surface area contributed by atoms with Crippen LogP contribution in [0.25, 0.3) is 0 Å². The lowest BCUT2D eigenvalue weighted by Crippen LogP contribution is -2.49. The first-order valence-electron chi connectivity index (χ1n) is 8.92. The van der Waals surface area contributed by atoms with Gasteiger partial charge in [0.2, 0.25) is 15.9 Å². The summed E-state index contributed by atoms with van der Waals surface area (Å²) < 4.78 is 51.5. The van der Waals surface area contributed by atoms with Gasteiger partial charge in [0.15, 0.2) is 11.6 Å². The molecule has 0 amide bonds. The molecule has 2 aromatic rings. The minimum Gasteiger partial charge on any atom is -0.491 e. The zero-order valence-electron chi connectivity index (χ0n) is 16.1. The Morgan fingerprint density at radius 3 is 2.46 bits per heavy atom. The molecule has 1 aliphatic rings. The maximum Gasteiger partial charge on any atom is 0.243 e. The number of rotatable bonds is 6. The monoisotopic (exact) mass is 410 g/mol. The molecule has 2 heterocycles. The fraction of sp³-hybridized carbons (Fsp3) is 0.444. The second-order valence-electron chi connectivity index (χ2n) is 6.23. The SMILES string of the molecule is CCOc1ccc(S(=O)(=O)N2CCN(c3cc(OC)nc(C)n3)CC2)cc1F. The maximum absolute atomic E-state index is 14.1. The van der Waals surface area contributed by atoms with Crippen molar-refractivity contribution in [3.05, 3.63) is 35.9 Å². The van der Waals surface area contributed by atoms with Crippen LogP contribution in [0.4, 0.5) is 10.2 Å². The van der Waals surface area contributed by atoms with E-state index in [1.54, 1.807) is 19.9 Å². The van der Waals surface area contributed by atoms with Gasteiger partial charge in [-0.05, 0) is 32.0 Å². The standard InChI is InChI=1S/C18H23FN4O4S/c1-4-27-16-6-5-14(11-15(16)19)28(24,25)23-9-7-22(8-10-23)17-12-18(26-3)21-13(2)20-17/h5-6,11-12H,4,7-10H2,1-3H3. The van der Waals surface area contributed by atoms with E-state index in [1.165, 1.54) is 23.5 Å². The highest BCUT2D eigenvalue weighted by Crippen LogP contribution is 2.25. The Kier molecular flexibility index (Phi) is 5.99. The summed E-state index contributed by atoms with van der Waals surface area (Å²) in [7, 11) is -2.26. The van der Waals surface area contributed by atoms with Crippen molar-refractivity contribution in [2.75, 3.05) is 44.8 Å². The third-order valence-corrected chi connectivity index (χ3v) is 6.31. The van der Waals surface area contributed by atoms with Crippen LogP contribution in [0.1, 0.15) is 12.7 Å².